The van der Waals surface area contributed by atoms with Gasteiger partial charge in [0.25, 0.3) is 0 Å². The third-order valence-corrected chi connectivity index (χ3v) is 3.55. The number of nitrogens with zero attached hydrogens (tertiary/aromatic N) is 1. The Morgan fingerprint density at radius 2 is 1.82 bits per heavy atom. The van der Waals surface area contributed by atoms with Crippen LogP contribution < -0.4 is 0 Å². The third kappa shape index (κ3) is 4.27. The molecule has 3 nitrogen and oxygen atoms in total. The van der Waals surface area contributed by atoms with Crippen molar-refractivity contribution in [3.05, 3.63) is 33.4 Å². The van der Waals surface area contributed by atoms with E-state index in [2.05, 4.69) is 34.7 Å². The number of hydrogen-bond acceptors (Lipinski definition) is 2. The van der Waals surface area contributed by atoms with Crippen LogP contribution >= 0.6 is 22.6 Å². The van der Waals surface area contributed by atoms with Gasteiger partial charge in [0.15, 0.2) is 0 Å². The van der Waals surface area contributed by atoms with Crippen molar-refractivity contribution in [1.82, 2.24) is 4.90 Å². The number of halogens is 1. The highest BCUT2D eigenvalue weighted by Gasteiger charge is 2.20. The predicted octanol–water partition coefficient (Wildman–Crippen LogP) is 3.15. The van der Waals surface area contributed by atoms with Crippen molar-refractivity contribution in [3.8, 4) is 0 Å². The number of benzene rings is 1. The Bertz CT molecular complexity index is 376. The second-order valence-corrected chi connectivity index (χ2v) is 5.63. The van der Waals surface area contributed by atoms with Gasteiger partial charge in [-0.2, -0.15) is 0 Å². The van der Waals surface area contributed by atoms with Gasteiger partial charge in [-0.1, -0.05) is 12.1 Å². The Labute approximate surface area is 116 Å². The van der Waals surface area contributed by atoms with E-state index in [-0.39, 0.29) is 18.6 Å². The van der Waals surface area contributed by atoms with Gasteiger partial charge in [-0.25, -0.2) is 0 Å². The zero-order valence-electron chi connectivity index (χ0n) is 10.4. The highest BCUT2D eigenvalue weighted by molar-refractivity contribution is 14.1. The molecule has 0 radical (unpaired) electrons. The van der Waals surface area contributed by atoms with Crippen LogP contribution in [-0.4, -0.2) is 28.6 Å². The van der Waals surface area contributed by atoms with E-state index in [1.807, 2.05) is 37.8 Å². The van der Waals surface area contributed by atoms with Gasteiger partial charge in [0.2, 0.25) is 0 Å². The van der Waals surface area contributed by atoms with E-state index in [4.69, 9.17) is 5.11 Å². The van der Waals surface area contributed by atoms with Gasteiger partial charge in [-0.3, -0.25) is 9.69 Å². The molecule has 1 N–H and O–H groups in total. The van der Waals surface area contributed by atoms with Gasteiger partial charge < -0.3 is 5.11 Å². The molecule has 0 aliphatic rings. The van der Waals surface area contributed by atoms with Crippen LogP contribution in [0.3, 0.4) is 0 Å². The smallest absolute Gasteiger partial charge is 0.317 e. The monoisotopic (exact) mass is 347 g/mol. The quantitative estimate of drug-likeness (QED) is 0.832. The molecular formula is C13H18INO2. The highest BCUT2D eigenvalue weighted by atomic mass is 127. The molecular weight excluding hydrogens is 329 g/mol. The lowest BCUT2D eigenvalue weighted by Gasteiger charge is -2.31. The average Bonchev–Trinajstić information content (AvgIpc) is 2.25. The lowest BCUT2D eigenvalue weighted by Crippen LogP contribution is -2.37. The van der Waals surface area contributed by atoms with E-state index >= 15 is 0 Å². The first-order chi connectivity index (χ1) is 7.91. The van der Waals surface area contributed by atoms with Crippen molar-refractivity contribution < 1.29 is 9.90 Å². The fraction of sp³-hybridized carbons (Fsp3) is 0.462. The Hall–Kier alpha value is -0.620. The van der Waals surface area contributed by atoms with Gasteiger partial charge in [-0.15, -0.1) is 0 Å². The van der Waals surface area contributed by atoms with E-state index in [1.54, 1.807) is 0 Å². The summed E-state index contributed by atoms with van der Waals surface area (Å²) in [6, 6.07) is 8.54. The van der Waals surface area contributed by atoms with E-state index in [9.17, 15) is 4.79 Å². The molecule has 1 unspecified atom stereocenters. The molecule has 1 aromatic rings. The Morgan fingerprint density at radius 3 is 2.24 bits per heavy atom. The standard InChI is InChI=1S/C13H18INO2/c1-9(2)15(8-13(16)17)10(3)11-4-6-12(14)7-5-11/h4-7,9-10H,8H2,1-3H3,(H,16,17). The van der Waals surface area contributed by atoms with Crippen LogP contribution in [0.2, 0.25) is 0 Å². The lowest BCUT2D eigenvalue weighted by atomic mass is 10.1. The second-order valence-electron chi connectivity index (χ2n) is 4.39. The zero-order valence-corrected chi connectivity index (χ0v) is 12.5. The molecule has 0 bridgehead atoms. The molecule has 17 heavy (non-hydrogen) atoms. The number of aliphatic carboxylic acids is 1. The summed E-state index contributed by atoms with van der Waals surface area (Å²) in [6.45, 7) is 6.16. The van der Waals surface area contributed by atoms with Crippen LogP contribution in [0.4, 0.5) is 0 Å². The predicted molar refractivity (Wildman–Crippen MR) is 77.1 cm³/mol. The molecule has 1 aromatic carbocycles. The molecule has 0 saturated heterocycles. The summed E-state index contributed by atoms with van der Waals surface area (Å²) < 4.78 is 1.19. The van der Waals surface area contributed by atoms with E-state index in [0.717, 1.165) is 5.56 Å². The number of hydrogen-bond donors (Lipinski definition) is 1. The molecule has 0 amide bonds. The molecule has 1 atom stereocenters. The van der Waals surface area contributed by atoms with Crippen molar-refractivity contribution in [2.75, 3.05) is 6.54 Å². The van der Waals surface area contributed by atoms with Crippen LogP contribution in [0, 0.1) is 3.57 Å². The summed E-state index contributed by atoms with van der Waals surface area (Å²) in [6.07, 6.45) is 0. The topological polar surface area (TPSA) is 40.5 Å². The van der Waals surface area contributed by atoms with E-state index < -0.39 is 5.97 Å². The summed E-state index contributed by atoms with van der Waals surface area (Å²) in [4.78, 5) is 12.8. The normalized spacial score (nSPS) is 13.1. The molecule has 0 saturated carbocycles. The molecule has 0 aliphatic carbocycles. The summed E-state index contributed by atoms with van der Waals surface area (Å²) in [5.74, 6) is -0.781. The fourth-order valence-corrected chi connectivity index (χ4v) is 2.22. The minimum Gasteiger partial charge on any atom is -0.480 e. The molecule has 0 aromatic heterocycles. The van der Waals surface area contributed by atoms with Crippen LogP contribution in [0.1, 0.15) is 32.4 Å². The first-order valence-corrected chi connectivity index (χ1v) is 6.72. The van der Waals surface area contributed by atoms with Crippen molar-refractivity contribution in [2.45, 2.75) is 32.9 Å². The maximum absolute atomic E-state index is 10.9. The Balaban J connectivity index is 2.87. The second kappa shape index (κ2) is 6.35. The number of rotatable bonds is 5. The average molecular weight is 347 g/mol. The minimum absolute atomic E-state index is 0.0742. The summed E-state index contributed by atoms with van der Waals surface area (Å²) >= 11 is 2.26. The van der Waals surface area contributed by atoms with Gasteiger partial charge in [0.1, 0.15) is 0 Å². The van der Waals surface area contributed by atoms with Crippen molar-refractivity contribution >= 4 is 28.6 Å². The summed E-state index contributed by atoms with van der Waals surface area (Å²) in [7, 11) is 0. The van der Waals surface area contributed by atoms with E-state index in [1.165, 1.54) is 3.57 Å². The first-order valence-electron chi connectivity index (χ1n) is 5.64. The van der Waals surface area contributed by atoms with Crippen LogP contribution in [0.25, 0.3) is 0 Å². The molecule has 4 heteroatoms. The third-order valence-electron chi connectivity index (χ3n) is 2.83. The number of carboxylic acid groups (broad SMARTS) is 1. The van der Waals surface area contributed by atoms with Gasteiger partial charge in [-0.05, 0) is 61.1 Å². The number of carboxylic acids is 1. The summed E-state index contributed by atoms with van der Waals surface area (Å²) in [5, 5.41) is 8.93. The Morgan fingerprint density at radius 1 is 1.29 bits per heavy atom. The molecule has 0 aliphatic heterocycles. The first kappa shape index (κ1) is 14.4. The number of carbonyl (C=O) groups is 1. The van der Waals surface area contributed by atoms with Crippen LogP contribution in [-0.2, 0) is 4.79 Å². The van der Waals surface area contributed by atoms with Gasteiger partial charge >= 0.3 is 5.97 Å². The van der Waals surface area contributed by atoms with Crippen molar-refractivity contribution in [2.24, 2.45) is 0 Å². The van der Waals surface area contributed by atoms with Gasteiger partial charge in [0.05, 0.1) is 6.54 Å². The molecule has 0 fully saturated rings. The van der Waals surface area contributed by atoms with E-state index in [0.29, 0.717) is 0 Å². The largest absolute Gasteiger partial charge is 0.480 e. The van der Waals surface area contributed by atoms with Crippen molar-refractivity contribution in [3.63, 3.8) is 0 Å². The molecule has 0 heterocycles. The van der Waals surface area contributed by atoms with Crippen molar-refractivity contribution in [1.29, 1.82) is 0 Å². The van der Waals surface area contributed by atoms with Gasteiger partial charge in [0, 0.05) is 15.7 Å². The SMILES string of the molecule is CC(C)N(CC(=O)O)C(C)c1ccc(I)cc1. The fourth-order valence-electron chi connectivity index (χ4n) is 1.86. The molecule has 1 rings (SSSR count). The zero-order chi connectivity index (χ0) is 13.0. The van der Waals surface area contributed by atoms with Crippen LogP contribution in [0.15, 0.2) is 24.3 Å². The van der Waals surface area contributed by atoms with Crippen LogP contribution in [0.5, 0.6) is 0 Å². The Kier molecular flexibility index (Phi) is 5.39. The summed E-state index contributed by atoms with van der Waals surface area (Å²) in [5.41, 5.74) is 1.15. The maximum Gasteiger partial charge on any atom is 0.317 e. The maximum atomic E-state index is 10.9. The molecule has 0 spiro atoms. The molecule has 94 valence electrons. The minimum atomic E-state index is -0.781. The highest BCUT2D eigenvalue weighted by Crippen LogP contribution is 2.22. The lowest BCUT2D eigenvalue weighted by molar-refractivity contribution is -0.139.